The standard InChI is InChI=1S/C27H30F5N3O/c1-3-17-13-34(14-17)8-9-36-18-11-21(28)24(22(29)12-18)26-25-20(19-6-4-5-7-23(19)33-25)10-16(2)35(26)15-27(30,31)32/h4-7,11-12,16-17,26,33H,3,8-10,13-15H2,1-2H3. The van der Waals surface area contributed by atoms with Crippen LogP contribution in [0.1, 0.15) is 43.1 Å². The van der Waals surface area contributed by atoms with Gasteiger partial charge >= 0.3 is 6.18 Å². The first-order chi connectivity index (χ1) is 17.1. The lowest BCUT2D eigenvalue weighted by Crippen LogP contribution is -2.47. The summed E-state index contributed by atoms with van der Waals surface area (Å²) in [5.74, 6) is -1.12. The topological polar surface area (TPSA) is 31.5 Å². The quantitative estimate of drug-likeness (QED) is 0.394. The van der Waals surface area contributed by atoms with E-state index in [0.717, 1.165) is 53.0 Å². The number of rotatable bonds is 7. The van der Waals surface area contributed by atoms with Gasteiger partial charge in [-0.1, -0.05) is 31.5 Å². The molecule has 0 radical (unpaired) electrons. The predicted octanol–water partition coefficient (Wildman–Crippen LogP) is 6.07. The zero-order valence-corrected chi connectivity index (χ0v) is 20.3. The average Bonchev–Trinajstić information content (AvgIpc) is 3.14. The Balaban J connectivity index is 1.47. The van der Waals surface area contributed by atoms with Crippen LogP contribution in [0.5, 0.6) is 5.75 Å². The molecule has 2 unspecified atom stereocenters. The second-order valence-electron chi connectivity index (χ2n) is 9.99. The van der Waals surface area contributed by atoms with Crippen LogP contribution >= 0.6 is 0 Å². The number of nitrogens with zero attached hydrogens (tertiary/aromatic N) is 2. The molecule has 5 rings (SSSR count). The van der Waals surface area contributed by atoms with Crippen LogP contribution in [0.15, 0.2) is 36.4 Å². The lowest BCUT2D eigenvalue weighted by Gasteiger charge is -2.41. The van der Waals surface area contributed by atoms with Gasteiger partial charge in [0, 0.05) is 60.0 Å². The van der Waals surface area contributed by atoms with Gasteiger partial charge in [-0.25, -0.2) is 8.78 Å². The fourth-order valence-electron chi connectivity index (χ4n) is 5.59. The van der Waals surface area contributed by atoms with Crippen molar-refractivity contribution in [3.8, 4) is 5.75 Å². The fraction of sp³-hybridized carbons (Fsp3) is 0.481. The molecular formula is C27H30F5N3O. The minimum absolute atomic E-state index is 0.0319. The highest BCUT2D eigenvalue weighted by molar-refractivity contribution is 5.85. The number of alkyl halides is 3. The molecule has 1 N–H and O–H groups in total. The first kappa shape index (κ1) is 25.0. The molecule has 2 atom stereocenters. The maximum absolute atomic E-state index is 15.5. The summed E-state index contributed by atoms with van der Waals surface area (Å²) in [6.07, 6.45) is -3.07. The van der Waals surface area contributed by atoms with Crippen LogP contribution in [-0.2, 0) is 6.42 Å². The van der Waals surface area contributed by atoms with Crippen molar-refractivity contribution in [2.24, 2.45) is 5.92 Å². The smallest absolute Gasteiger partial charge is 0.401 e. The molecular weight excluding hydrogens is 477 g/mol. The molecule has 194 valence electrons. The van der Waals surface area contributed by atoms with Gasteiger partial charge in [-0.15, -0.1) is 0 Å². The molecule has 1 saturated heterocycles. The van der Waals surface area contributed by atoms with E-state index in [1.807, 2.05) is 24.3 Å². The molecule has 3 heterocycles. The first-order valence-corrected chi connectivity index (χ1v) is 12.4. The van der Waals surface area contributed by atoms with Crippen molar-refractivity contribution in [3.63, 3.8) is 0 Å². The van der Waals surface area contributed by atoms with Crippen LogP contribution in [0.3, 0.4) is 0 Å². The van der Waals surface area contributed by atoms with Crippen LogP contribution in [0.25, 0.3) is 10.9 Å². The molecule has 2 aromatic carbocycles. The van der Waals surface area contributed by atoms with E-state index in [2.05, 4.69) is 16.8 Å². The van der Waals surface area contributed by atoms with Crippen molar-refractivity contribution in [1.82, 2.24) is 14.8 Å². The number of H-pyrrole nitrogens is 1. The third-order valence-corrected chi connectivity index (χ3v) is 7.49. The zero-order chi connectivity index (χ0) is 25.6. The molecule has 9 heteroatoms. The van der Waals surface area contributed by atoms with E-state index >= 15 is 8.78 Å². The zero-order valence-electron chi connectivity index (χ0n) is 20.3. The number of hydrogen-bond acceptors (Lipinski definition) is 3. The van der Waals surface area contributed by atoms with Gasteiger partial charge in [-0.05, 0) is 30.9 Å². The highest BCUT2D eigenvalue weighted by Crippen LogP contribution is 2.44. The lowest BCUT2D eigenvalue weighted by molar-refractivity contribution is -0.155. The Morgan fingerprint density at radius 3 is 2.44 bits per heavy atom. The second kappa shape index (κ2) is 9.67. The predicted molar refractivity (Wildman–Crippen MR) is 128 cm³/mol. The molecule has 0 spiro atoms. The van der Waals surface area contributed by atoms with Crippen molar-refractivity contribution in [2.45, 2.75) is 44.9 Å². The highest BCUT2D eigenvalue weighted by atomic mass is 19.4. The molecule has 0 amide bonds. The van der Waals surface area contributed by atoms with Crippen molar-refractivity contribution in [1.29, 1.82) is 0 Å². The average molecular weight is 508 g/mol. The number of fused-ring (bicyclic) bond motifs is 3. The van der Waals surface area contributed by atoms with Crippen LogP contribution in [-0.4, -0.2) is 59.8 Å². The summed E-state index contributed by atoms with van der Waals surface area (Å²) in [6, 6.07) is 7.67. The number of aromatic nitrogens is 1. The monoisotopic (exact) mass is 507 g/mol. The number of nitrogens with one attached hydrogen (secondary N) is 1. The molecule has 36 heavy (non-hydrogen) atoms. The molecule has 1 fully saturated rings. The van der Waals surface area contributed by atoms with Gasteiger partial charge in [0.05, 0.1) is 12.6 Å². The third kappa shape index (κ3) is 4.83. The minimum Gasteiger partial charge on any atom is -0.492 e. The SMILES string of the molecule is CCC1CN(CCOc2cc(F)c(C3c4[nH]c5ccccc5c4CC(C)N3CC(F)(F)F)c(F)c2)C1. The Kier molecular flexibility index (Phi) is 6.72. The molecule has 0 saturated carbocycles. The summed E-state index contributed by atoms with van der Waals surface area (Å²) in [4.78, 5) is 6.50. The Morgan fingerprint density at radius 1 is 1.08 bits per heavy atom. The maximum atomic E-state index is 15.5. The highest BCUT2D eigenvalue weighted by Gasteiger charge is 2.43. The van der Waals surface area contributed by atoms with E-state index in [4.69, 9.17) is 4.74 Å². The maximum Gasteiger partial charge on any atom is 0.401 e. The Hall–Kier alpha value is -2.65. The second-order valence-corrected chi connectivity index (χ2v) is 9.99. The summed E-state index contributed by atoms with van der Waals surface area (Å²) in [5, 5.41) is 0.855. The van der Waals surface area contributed by atoms with Crippen LogP contribution in [0.4, 0.5) is 22.0 Å². The number of ether oxygens (including phenoxy) is 1. The summed E-state index contributed by atoms with van der Waals surface area (Å²) in [5.41, 5.74) is 1.51. The summed E-state index contributed by atoms with van der Waals surface area (Å²) >= 11 is 0. The van der Waals surface area contributed by atoms with Gasteiger partial charge in [0.15, 0.2) is 0 Å². The minimum atomic E-state index is -4.53. The largest absolute Gasteiger partial charge is 0.492 e. The molecule has 2 aliphatic heterocycles. The van der Waals surface area contributed by atoms with Gasteiger partial charge in [0.2, 0.25) is 0 Å². The summed E-state index contributed by atoms with van der Waals surface area (Å²) < 4.78 is 77.3. The Morgan fingerprint density at radius 2 is 1.78 bits per heavy atom. The van der Waals surface area contributed by atoms with Crippen LogP contribution < -0.4 is 4.74 Å². The fourth-order valence-corrected chi connectivity index (χ4v) is 5.59. The molecule has 0 aliphatic carbocycles. The summed E-state index contributed by atoms with van der Waals surface area (Å²) in [6.45, 7) is 5.44. The normalized spacial score (nSPS) is 21.5. The number of benzene rings is 2. The third-order valence-electron chi connectivity index (χ3n) is 7.49. The van der Waals surface area contributed by atoms with Gasteiger partial charge in [-0.3, -0.25) is 9.80 Å². The molecule has 3 aromatic rings. The number of aromatic amines is 1. The number of hydrogen-bond donors (Lipinski definition) is 1. The number of likely N-dealkylation sites (tertiary alicyclic amines) is 1. The van der Waals surface area contributed by atoms with E-state index in [0.29, 0.717) is 24.6 Å². The first-order valence-electron chi connectivity index (χ1n) is 12.4. The Bertz CT molecular complexity index is 1210. The molecule has 1 aromatic heterocycles. The van der Waals surface area contributed by atoms with E-state index < -0.39 is 42.0 Å². The molecule has 0 bridgehead atoms. The Labute approximate surface area is 207 Å². The van der Waals surface area contributed by atoms with Crippen LogP contribution in [0.2, 0.25) is 0 Å². The lowest BCUT2D eigenvalue weighted by atomic mass is 9.88. The van der Waals surface area contributed by atoms with Crippen molar-refractivity contribution < 1.29 is 26.7 Å². The van der Waals surface area contributed by atoms with E-state index in [1.165, 1.54) is 0 Å². The van der Waals surface area contributed by atoms with E-state index in [9.17, 15) is 13.2 Å². The van der Waals surface area contributed by atoms with E-state index in [1.54, 1.807) is 6.92 Å². The van der Waals surface area contributed by atoms with Crippen molar-refractivity contribution in [3.05, 3.63) is 64.9 Å². The van der Waals surface area contributed by atoms with Gasteiger partial charge in [0.25, 0.3) is 0 Å². The van der Waals surface area contributed by atoms with E-state index in [-0.39, 0.29) is 12.4 Å². The number of para-hydroxylation sites is 1. The number of halogens is 5. The van der Waals surface area contributed by atoms with Gasteiger partial charge < -0.3 is 9.72 Å². The van der Waals surface area contributed by atoms with Crippen LogP contribution in [0, 0.1) is 17.6 Å². The summed E-state index contributed by atoms with van der Waals surface area (Å²) in [7, 11) is 0. The van der Waals surface area contributed by atoms with Crippen molar-refractivity contribution in [2.75, 3.05) is 32.8 Å². The van der Waals surface area contributed by atoms with Gasteiger partial charge in [0.1, 0.15) is 24.0 Å². The molecule has 2 aliphatic rings. The van der Waals surface area contributed by atoms with Gasteiger partial charge in [-0.2, -0.15) is 13.2 Å². The molecule has 4 nitrogen and oxygen atoms in total. The van der Waals surface area contributed by atoms with Crippen molar-refractivity contribution >= 4 is 10.9 Å².